The maximum Gasteiger partial charge on any atom is 0.243 e. The van der Waals surface area contributed by atoms with E-state index in [0.29, 0.717) is 36.0 Å². The molecule has 1 aliphatic rings. The number of nitrogens with zero attached hydrogens (tertiary/aromatic N) is 3. The molecule has 172 valence electrons. The summed E-state index contributed by atoms with van der Waals surface area (Å²) in [5.41, 5.74) is 1.89. The van der Waals surface area contributed by atoms with Crippen molar-refractivity contribution in [1.29, 1.82) is 0 Å². The molecular weight excluding hydrogens is 442 g/mol. The molecule has 1 amide bonds. The number of Topliss-reactive ketones (excluding diaryl/α,β-unsaturated/α-hetero) is 1. The third-order valence-electron chi connectivity index (χ3n) is 5.72. The Labute approximate surface area is 192 Å². The summed E-state index contributed by atoms with van der Waals surface area (Å²) in [5, 5.41) is 0. The smallest absolute Gasteiger partial charge is 0.243 e. The molecule has 1 fully saturated rings. The van der Waals surface area contributed by atoms with Crippen molar-refractivity contribution in [3.8, 4) is 11.5 Å². The summed E-state index contributed by atoms with van der Waals surface area (Å²) in [4.78, 5) is 30.5. The van der Waals surface area contributed by atoms with Gasteiger partial charge >= 0.3 is 0 Å². The van der Waals surface area contributed by atoms with E-state index in [1.807, 2.05) is 30.3 Å². The minimum Gasteiger partial charge on any atom is -0.441 e. The highest BCUT2D eigenvalue weighted by Gasteiger charge is 2.30. The summed E-state index contributed by atoms with van der Waals surface area (Å²) in [6.07, 6.45) is 0.0986. The molecule has 2 aromatic carbocycles. The Kier molecular flexibility index (Phi) is 6.44. The molecule has 0 radical (unpaired) electrons. The van der Waals surface area contributed by atoms with Crippen molar-refractivity contribution in [1.82, 2.24) is 14.2 Å². The molecule has 9 heteroatoms. The number of carbonyl (C=O) groups excluding carboxylic acids is 2. The Balaban J connectivity index is 1.38. The van der Waals surface area contributed by atoms with Gasteiger partial charge < -0.3 is 9.32 Å². The van der Waals surface area contributed by atoms with Crippen LogP contribution in [-0.2, 0) is 21.2 Å². The first-order valence-electron chi connectivity index (χ1n) is 10.7. The third-order valence-corrected chi connectivity index (χ3v) is 7.63. The molecule has 33 heavy (non-hydrogen) atoms. The number of rotatable bonds is 6. The third kappa shape index (κ3) is 4.89. The van der Waals surface area contributed by atoms with E-state index in [-0.39, 0.29) is 36.1 Å². The summed E-state index contributed by atoms with van der Waals surface area (Å²) < 4.78 is 33.0. The van der Waals surface area contributed by atoms with Gasteiger partial charge in [0.15, 0.2) is 5.78 Å². The highest BCUT2D eigenvalue weighted by molar-refractivity contribution is 7.89. The molecule has 1 saturated heterocycles. The zero-order valence-corrected chi connectivity index (χ0v) is 19.3. The molecule has 4 rings (SSSR count). The Hall–Kier alpha value is -3.30. The standard InChI is InChI=1S/C24H25N3O5S/c1-17(28)19-8-10-21(11-9-19)33(30,31)27-14-12-26(13-15-27)23(29)16-22-18(2)32-24(25-22)20-6-4-3-5-7-20/h3-11H,12-16H2,1-2H3. The Morgan fingerprint density at radius 2 is 1.61 bits per heavy atom. The predicted octanol–water partition coefficient (Wildman–Crippen LogP) is 2.93. The van der Waals surface area contributed by atoms with Gasteiger partial charge in [0.25, 0.3) is 0 Å². The molecule has 0 N–H and O–H groups in total. The fraction of sp³-hybridized carbons (Fsp3) is 0.292. The number of ketones is 1. The van der Waals surface area contributed by atoms with Crippen LogP contribution in [0.3, 0.4) is 0 Å². The molecule has 0 spiro atoms. The van der Waals surface area contributed by atoms with Gasteiger partial charge in [-0.3, -0.25) is 9.59 Å². The number of benzene rings is 2. The average Bonchev–Trinajstić information content (AvgIpc) is 3.19. The minimum absolute atomic E-state index is 0.0986. The molecule has 0 bridgehead atoms. The summed E-state index contributed by atoms with van der Waals surface area (Å²) in [7, 11) is -3.69. The number of amides is 1. The first-order chi connectivity index (χ1) is 15.8. The van der Waals surface area contributed by atoms with Crippen LogP contribution < -0.4 is 0 Å². The van der Waals surface area contributed by atoms with Crippen LogP contribution in [0, 0.1) is 6.92 Å². The van der Waals surface area contributed by atoms with Crippen LogP contribution in [0.15, 0.2) is 63.9 Å². The van der Waals surface area contributed by atoms with Crippen LogP contribution in [0.5, 0.6) is 0 Å². The van der Waals surface area contributed by atoms with Crippen molar-refractivity contribution in [3.05, 3.63) is 71.6 Å². The second-order valence-electron chi connectivity index (χ2n) is 7.93. The van der Waals surface area contributed by atoms with Gasteiger partial charge in [-0.25, -0.2) is 13.4 Å². The lowest BCUT2D eigenvalue weighted by molar-refractivity contribution is -0.131. The highest BCUT2D eigenvalue weighted by atomic mass is 32.2. The minimum atomic E-state index is -3.69. The lowest BCUT2D eigenvalue weighted by atomic mass is 10.2. The lowest BCUT2D eigenvalue weighted by Crippen LogP contribution is -2.50. The molecule has 3 aromatic rings. The fourth-order valence-corrected chi connectivity index (χ4v) is 5.16. The number of hydrogen-bond donors (Lipinski definition) is 0. The van der Waals surface area contributed by atoms with Gasteiger partial charge in [-0.15, -0.1) is 0 Å². The van der Waals surface area contributed by atoms with Gasteiger partial charge in [-0.2, -0.15) is 4.31 Å². The van der Waals surface area contributed by atoms with Gasteiger partial charge in [0.05, 0.1) is 17.0 Å². The monoisotopic (exact) mass is 467 g/mol. The van der Waals surface area contributed by atoms with E-state index in [2.05, 4.69) is 4.98 Å². The quantitative estimate of drug-likeness (QED) is 0.517. The van der Waals surface area contributed by atoms with Gasteiger partial charge in [-0.05, 0) is 38.1 Å². The van der Waals surface area contributed by atoms with Crippen molar-refractivity contribution < 1.29 is 22.4 Å². The van der Waals surface area contributed by atoms with E-state index in [0.717, 1.165) is 5.56 Å². The first kappa shape index (κ1) is 22.9. The highest BCUT2D eigenvalue weighted by Crippen LogP contribution is 2.23. The number of sulfonamides is 1. The molecule has 0 unspecified atom stereocenters. The number of oxazole rings is 1. The molecule has 1 aliphatic heterocycles. The molecular formula is C24H25N3O5S. The SMILES string of the molecule is CC(=O)c1ccc(S(=O)(=O)N2CCN(C(=O)Cc3nc(-c4ccccc4)oc3C)CC2)cc1. The second kappa shape index (κ2) is 9.29. The van der Waals surface area contributed by atoms with Crippen LogP contribution >= 0.6 is 0 Å². The van der Waals surface area contributed by atoms with Crippen molar-refractivity contribution in [2.45, 2.75) is 25.2 Å². The van der Waals surface area contributed by atoms with Crippen molar-refractivity contribution >= 4 is 21.7 Å². The maximum atomic E-state index is 12.9. The molecule has 0 atom stereocenters. The summed E-state index contributed by atoms with van der Waals surface area (Å²) in [5.74, 6) is 0.832. The van der Waals surface area contributed by atoms with Gasteiger partial charge in [-0.1, -0.05) is 30.3 Å². The average molecular weight is 468 g/mol. The van der Waals surface area contributed by atoms with Gasteiger partial charge in [0.1, 0.15) is 5.76 Å². The Morgan fingerprint density at radius 3 is 2.21 bits per heavy atom. The topological polar surface area (TPSA) is 101 Å². The molecule has 0 aliphatic carbocycles. The zero-order valence-electron chi connectivity index (χ0n) is 18.5. The Morgan fingerprint density at radius 1 is 0.970 bits per heavy atom. The van der Waals surface area contributed by atoms with E-state index in [9.17, 15) is 18.0 Å². The van der Waals surface area contributed by atoms with E-state index in [1.54, 1.807) is 11.8 Å². The van der Waals surface area contributed by atoms with E-state index in [4.69, 9.17) is 4.42 Å². The summed E-state index contributed by atoms with van der Waals surface area (Å²) >= 11 is 0. The van der Waals surface area contributed by atoms with Crippen LogP contribution in [0.1, 0.15) is 28.7 Å². The maximum absolute atomic E-state index is 12.9. The van der Waals surface area contributed by atoms with Gasteiger partial charge in [0.2, 0.25) is 21.8 Å². The number of aryl methyl sites for hydroxylation is 1. The van der Waals surface area contributed by atoms with E-state index >= 15 is 0 Å². The van der Waals surface area contributed by atoms with Crippen molar-refractivity contribution in [2.75, 3.05) is 26.2 Å². The lowest BCUT2D eigenvalue weighted by Gasteiger charge is -2.34. The molecule has 0 saturated carbocycles. The Bertz CT molecular complexity index is 1260. The van der Waals surface area contributed by atoms with E-state index < -0.39 is 10.0 Å². The number of aromatic nitrogens is 1. The molecule has 8 nitrogen and oxygen atoms in total. The van der Waals surface area contributed by atoms with Crippen LogP contribution in [0.4, 0.5) is 0 Å². The van der Waals surface area contributed by atoms with Gasteiger partial charge in [0, 0.05) is 37.3 Å². The van der Waals surface area contributed by atoms with Crippen LogP contribution in [0.2, 0.25) is 0 Å². The van der Waals surface area contributed by atoms with Crippen molar-refractivity contribution in [2.24, 2.45) is 0 Å². The number of piperazine rings is 1. The first-order valence-corrected chi connectivity index (χ1v) is 12.1. The second-order valence-corrected chi connectivity index (χ2v) is 9.87. The van der Waals surface area contributed by atoms with Crippen LogP contribution in [-0.4, -0.2) is 60.5 Å². The number of hydrogen-bond acceptors (Lipinski definition) is 6. The summed E-state index contributed by atoms with van der Waals surface area (Å²) in [6, 6.07) is 15.4. The zero-order chi connectivity index (χ0) is 23.6. The predicted molar refractivity (Wildman–Crippen MR) is 122 cm³/mol. The number of carbonyl (C=O) groups is 2. The van der Waals surface area contributed by atoms with E-state index in [1.165, 1.54) is 35.5 Å². The van der Waals surface area contributed by atoms with Crippen molar-refractivity contribution in [3.63, 3.8) is 0 Å². The summed E-state index contributed by atoms with van der Waals surface area (Å²) in [6.45, 7) is 4.22. The van der Waals surface area contributed by atoms with Crippen LogP contribution in [0.25, 0.3) is 11.5 Å². The normalized spacial score (nSPS) is 14.9. The molecule has 2 heterocycles. The largest absolute Gasteiger partial charge is 0.441 e. The molecule has 1 aromatic heterocycles. The fourth-order valence-electron chi connectivity index (χ4n) is 3.74.